The van der Waals surface area contributed by atoms with Crippen LogP contribution < -0.4 is 5.73 Å². The first-order valence-corrected chi connectivity index (χ1v) is 6.20. The number of aliphatic hydroxyl groups is 1. The molecule has 4 saturated carbocycles. The van der Waals surface area contributed by atoms with Crippen molar-refractivity contribution in [1.29, 1.82) is 0 Å². The third-order valence-corrected chi connectivity index (χ3v) is 5.08. The van der Waals surface area contributed by atoms with Gasteiger partial charge in [0.25, 0.3) is 0 Å². The van der Waals surface area contributed by atoms with Gasteiger partial charge in [-0.2, -0.15) is 0 Å². The van der Waals surface area contributed by atoms with Crippen molar-refractivity contribution >= 4 is 0 Å². The largest absolute Gasteiger partial charge is 0.396 e. The molecule has 2 heteroatoms. The first-order valence-electron chi connectivity index (χ1n) is 6.20. The Balaban J connectivity index is 2.06. The smallest absolute Gasteiger partial charge is 0.0488 e. The molecule has 86 valence electrons. The van der Waals surface area contributed by atoms with Crippen molar-refractivity contribution in [3.8, 4) is 0 Å². The number of hydrogen-bond acceptors (Lipinski definition) is 2. The number of hydrogen-bond donors (Lipinski definition) is 2. The van der Waals surface area contributed by atoms with Gasteiger partial charge in [0, 0.05) is 12.1 Å². The van der Waals surface area contributed by atoms with Crippen molar-refractivity contribution in [2.45, 2.75) is 57.9 Å². The fourth-order valence-electron chi connectivity index (χ4n) is 6.21. The summed E-state index contributed by atoms with van der Waals surface area (Å²) >= 11 is 0. The van der Waals surface area contributed by atoms with Crippen molar-refractivity contribution in [2.24, 2.45) is 22.0 Å². The molecule has 2 unspecified atom stereocenters. The highest BCUT2D eigenvalue weighted by Crippen LogP contribution is 2.69. The molecule has 0 heterocycles. The Bertz CT molecular complexity index is 258. The molecule has 3 N–H and O–H groups in total. The summed E-state index contributed by atoms with van der Waals surface area (Å²) in [6.45, 7) is 5.11. The van der Waals surface area contributed by atoms with Crippen LogP contribution in [0.2, 0.25) is 0 Å². The molecule has 2 atom stereocenters. The van der Waals surface area contributed by atoms with Crippen LogP contribution in [0.15, 0.2) is 0 Å². The third-order valence-electron chi connectivity index (χ3n) is 5.08. The number of nitrogens with two attached hydrogens (primary N) is 1. The van der Waals surface area contributed by atoms with E-state index in [2.05, 4.69) is 13.8 Å². The molecular weight excluding hydrogens is 186 g/mol. The van der Waals surface area contributed by atoms with Crippen LogP contribution in [0.4, 0.5) is 0 Å². The second-order valence-electron chi connectivity index (χ2n) is 7.70. The summed E-state index contributed by atoms with van der Waals surface area (Å²) in [6.07, 6.45) is 7.13. The zero-order chi connectivity index (χ0) is 10.9. The van der Waals surface area contributed by atoms with Gasteiger partial charge in [0.05, 0.1) is 0 Å². The second-order valence-corrected chi connectivity index (χ2v) is 7.70. The Kier molecular flexibility index (Phi) is 1.64. The normalized spacial score (nSPS) is 62.4. The average Bonchev–Trinajstić information content (AvgIpc) is 1.94. The Morgan fingerprint density at radius 2 is 1.47 bits per heavy atom. The van der Waals surface area contributed by atoms with E-state index in [1.165, 1.54) is 32.1 Å². The molecule has 0 aromatic heterocycles. The Labute approximate surface area is 92.2 Å². The molecule has 0 amide bonds. The molecule has 4 fully saturated rings. The van der Waals surface area contributed by atoms with Crippen molar-refractivity contribution in [3.05, 3.63) is 0 Å². The third kappa shape index (κ3) is 1.31. The molecule has 15 heavy (non-hydrogen) atoms. The van der Waals surface area contributed by atoms with Crippen LogP contribution in [0.5, 0.6) is 0 Å². The molecule has 0 radical (unpaired) electrons. The highest BCUT2D eigenvalue weighted by atomic mass is 16.3. The Morgan fingerprint density at radius 3 is 1.87 bits per heavy atom. The van der Waals surface area contributed by atoms with E-state index in [9.17, 15) is 5.11 Å². The predicted molar refractivity (Wildman–Crippen MR) is 60.4 cm³/mol. The van der Waals surface area contributed by atoms with Crippen molar-refractivity contribution in [3.63, 3.8) is 0 Å². The lowest BCUT2D eigenvalue weighted by atomic mass is 9.38. The molecule has 4 bridgehead atoms. The summed E-state index contributed by atoms with van der Waals surface area (Å²) in [6, 6.07) is 0. The molecule has 4 aliphatic rings. The van der Waals surface area contributed by atoms with Gasteiger partial charge in [0.15, 0.2) is 0 Å². The molecule has 0 saturated heterocycles. The molecule has 0 aromatic rings. The molecule has 2 nitrogen and oxygen atoms in total. The van der Waals surface area contributed by atoms with E-state index in [0.717, 1.165) is 6.42 Å². The molecule has 4 rings (SSSR count). The summed E-state index contributed by atoms with van der Waals surface area (Å²) < 4.78 is 0. The Morgan fingerprint density at radius 1 is 0.933 bits per heavy atom. The van der Waals surface area contributed by atoms with Crippen LogP contribution >= 0.6 is 0 Å². The summed E-state index contributed by atoms with van der Waals surface area (Å²) in [4.78, 5) is 0. The highest BCUT2D eigenvalue weighted by Gasteiger charge is 2.64. The fourth-order valence-corrected chi connectivity index (χ4v) is 6.21. The first-order chi connectivity index (χ1) is 6.80. The average molecular weight is 209 g/mol. The van der Waals surface area contributed by atoms with E-state index in [1.54, 1.807) is 0 Å². The van der Waals surface area contributed by atoms with Crippen LogP contribution in [-0.2, 0) is 0 Å². The summed E-state index contributed by atoms with van der Waals surface area (Å²) in [5.74, 6) is 0. The van der Waals surface area contributed by atoms with Gasteiger partial charge < -0.3 is 10.8 Å². The fraction of sp³-hybridized carbons (Fsp3) is 1.00. The van der Waals surface area contributed by atoms with Crippen LogP contribution in [-0.4, -0.2) is 17.3 Å². The van der Waals surface area contributed by atoms with E-state index in [4.69, 9.17) is 5.73 Å². The summed E-state index contributed by atoms with van der Waals surface area (Å²) in [7, 11) is 0. The minimum Gasteiger partial charge on any atom is -0.396 e. The lowest BCUT2D eigenvalue weighted by Crippen LogP contribution is -2.66. The van der Waals surface area contributed by atoms with Gasteiger partial charge in [-0.3, -0.25) is 0 Å². The number of rotatable bonds is 1. The van der Waals surface area contributed by atoms with Crippen LogP contribution in [0.1, 0.15) is 52.4 Å². The van der Waals surface area contributed by atoms with E-state index in [-0.39, 0.29) is 11.0 Å². The molecule has 0 spiro atoms. The molecule has 4 aliphatic carbocycles. The monoisotopic (exact) mass is 209 g/mol. The standard InChI is InChI=1S/C13H23NO/c1-10-3-11(2)5-12(4-10,9-15)8-13(14,6-10)7-11/h15H,3-9,14H2,1-2H3. The lowest BCUT2D eigenvalue weighted by molar-refractivity contribution is -0.169. The second kappa shape index (κ2) is 2.43. The van der Waals surface area contributed by atoms with Gasteiger partial charge in [-0.1, -0.05) is 13.8 Å². The quantitative estimate of drug-likeness (QED) is 0.694. The number of aliphatic hydroxyl groups excluding tert-OH is 1. The maximum absolute atomic E-state index is 9.72. The van der Waals surface area contributed by atoms with Gasteiger partial charge in [-0.25, -0.2) is 0 Å². The molecular formula is C13H23NO. The van der Waals surface area contributed by atoms with Crippen LogP contribution in [0.25, 0.3) is 0 Å². The summed E-state index contributed by atoms with van der Waals surface area (Å²) in [5.41, 5.74) is 7.54. The van der Waals surface area contributed by atoms with E-state index in [0.29, 0.717) is 17.4 Å². The van der Waals surface area contributed by atoms with Gasteiger partial charge in [-0.05, 0) is 54.8 Å². The maximum Gasteiger partial charge on any atom is 0.0488 e. The zero-order valence-corrected chi connectivity index (χ0v) is 9.97. The topological polar surface area (TPSA) is 46.2 Å². The van der Waals surface area contributed by atoms with Gasteiger partial charge in [-0.15, -0.1) is 0 Å². The van der Waals surface area contributed by atoms with E-state index in [1.807, 2.05) is 0 Å². The minimum atomic E-state index is 0.0288. The SMILES string of the molecule is CC12CC3(C)CC(N)(C1)CC(CO)(C2)C3. The predicted octanol–water partition coefficient (Wildman–Crippen LogP) is 2.06. The van der Waals surface area contributed by atoms with Crippen molar-refractivity contribution in [2.75, 3.05) is 6.61 Å². The maximum atomic E-state index is 9.72. The van der Waals surface area contributed by atoms with Gasteiger partial charge in [0.1, 0.15) is 0 Å². The van der Waals surface area contributed by atoms with Crippen molar-refractivity contribution in [1.82, 2.24) is 0 Å². The van der Waals surface area contributed by atoms with Crippen LogP contribution in [0, 0.1) is 16.2 Å². The highest BCUT2D eigenvalue weighted by molar-refractivity contribution is 5.17. The van der Waals surface area contributed by atoms with Gasteiger partial charge in [0.2, 0.25) is 0 Å². The van der Waals surface area contributed by atoms with E-state index < -0.39 is 0 Å². The van der Waals surface area contributed by atoms with Gasteiger partial charge >= 0.3 is 0 Å². The first kappa shape index (κ1) is 10.1. The van der Waals surface area contributed by atoms with E-state index >= 15 is 0 Å². The summed E-state index contributed by atoms with van der Waals surface area (Å²) in [5, 5.41) is 9.72. The van der Waals surface area contributed by atoms with Crippen molar-refractivity contribution < 1.29 is 5.11 Å². The lowest BCUT2D eigenvalue weighted by Gasteiger charge is -2.68. The molecule has 0 aliphatic heterocycles. The van der Waals surface area contributed by atoms with Crippen LogP contribution in [0.3, 0.4) is 0 Å². The Hall–Kier alpha value is -0.0800. The minimum absolute atomic E-state index is 0.0288. The zero-order valence-electron chi connectivity index (χ0n) is 9.97. The molecule has 0 aromatic carbocycles.